The van der Waals surface area contributed by atoms with Crippen molar-refractivity contribution in [3.63, 3.8) is 0 Å². The van der Waals surface area contributed by atoms with Crippen molar-refractivity contribution in [1.29, 1.82) is 0 Å². The monoisotopic (exact) mass is 327 g/mol. The number of rotatable bonds is 3. The van der Waals surface area contributed by atoms with Gasteiger partial charge in [-0.15, -0.1) is 0 Å². The average molecular weight is 327 g/mol. The van der Waals surface area contributed by atoms with E-state index in [0.29, 0.717) is 5.56 Å². The smallest absolute Gasteiger partial charge is 0.269 e. The predicted molar refractivity (Wildman–Crippen MR) is 92.7 cm³/mol. The average Bonchev–Trinajstić information content (AvgIpc) is 2.54. The van der Waals surface area contributed by atoms with E-state index in [2.05, 4.69) is 16.2 Å². The lowest BCUT2D eigenvalue weighted by atomic mass is 10.1. The second-order valence-corrected chi connectivity index (χ2v) is 5.34. The van der Waals surface area contributed by atoms with E-state index in [0.717, 1.165) is 11.1 Å². The van der Waals surface area contributed by atoms with Crippen molar-refractivity contribution < 1.29 is 9.59 Å². The van der Waals surface area contributed by atoms with Crippen molar-refractivity contribution >= 4 is 29.1 Å². The Labute approximate surface area is 140 Å². The van der Waals surface area contributed by atoms with E-state index in [1.807, 2.05) is 49.4 Å². The van der Waals surface area contributed by atoms with Gasteiger partial charge in [-0.1, -0.05) is 48.5 Å². The molecular formula is C17H17N3O2S. The number of hydrogen-bond donors (Lipinski definition) is 3. The van der Waals surface area contributed by atoms with Crippen LogP contribution >= 0.6 is 12.2 Å². The first-order valence-corrected chi connectivity index (χ1v) is 7.47. The van der Waals surface area contributed by atoms with Crippen molar-refractivity contribution in [3.8, 4) is 0 Å². The van der Waals surface area contributed by atoms with E-state index in [1.54, 1.807) is 12.1 Å². The number of thiocarbonyl (C=S) groups is 1. The number of benzene rings is 2. The summed E-state index contributed by atoms with van der Waals surface area (Å²) in [6.45, 7) is 1.84. The molecule has 0 bridgehead atoms. The summed E-state index contributed by atoms with van der Waals surface area (Å²) < 4.78 is 0. The molecule has 0 aromatic heterocycles. The number of aryl methyl sites for hydroxylation is 1. The van der Waals surface area contributed by atoms with E-state index in [1.165, 1.54) is 0 Å². The van der Waals surface area contributed by atoms with Gasteiger partial charge in [-0.3, -0.25) is 20.4 Å². The van der Waals surface area contributed by atoms with Crippen molar-refractivity contribution in [2.45, 2.75) is 13.3 Å². The fraction of sp³-hybridized carbons (Fsp3) is 0.118. The highest BCUT2D eigenvalue weighted by atomic mass is 32.1. The van der Waals surface area contributed by atoms with Crippen LogP contribution in [0, 0.1) is 6.92 Å². The Bertz CT molecular complexity index is 717. The molecule has 0 radical (unpaired) electrons. The van der Waals surface area contributed by atoms with Crippen molar-refractivity contribution in [2.75, 3.05) is 0 Å². The highest BCUT2D eigenvalue weighted by Crippen LogP contribution is 2.05. The molecule has 118 valence electrons. The van der Waals surface area contributed by atoms with Crippen LogP contribution in [-0.2, 0) is 11.2 Å². The van der Waals surface area contributed by atoms with Gasteiger partial charge in [0.15, 0.2) is 5.11 Å². The Morgan fingerprint density at radius 1 is 0.957 bits per heavy atom. The van der Waals surface area contributed by atoms with Crippen LogP contribution in [0.4, 0.5) is 0 Å². The predicted octanol–water partition coefficient (Wildman–Crippen LogP) is 1.87. The summed E-state index contributed by atoms with van der Waals surface area (Å²) in [6, 6.07) is 16.5. The molecule has 0 unspecified atom stereocenters. The molecule has 0 fully saturated rings. The molecule has 2 rings (SSSR count). The number of nitrogens with one attached hydrogen (secondary N) is 3. The maximum Gasteiger partial charge on any atom is 0.269 e. The number of amides is 2. The summed E-state index contributed by atoms with van der Waals surface area (Å²) in [5.74, 6) is -0.568. The molecule has 23 heavy (non-hydrogen) atoms. The molecule has 0 aliphatic rings. The van der Waals surface area contributed by atoms with Crippen LogP contribution in [0.1, 0.15) is 21.5 Å². The zero-order valence-corrected chi connectivity index (χ0v) is 13.4. The number of hydrogen-bond acceptors (Lipinski definition) is 3. The highest BCUT2D eigenvalue weighted by molar-refractivity contribution is 7.80. The first-order valence-electron chi connectivity index (χ1n) is 7.06. The minimum atomic E-state index is -0.317. The van der Waals surface area contributed by atoms with E-state index in [9.17, 15) is 9.59 Å². The van der Waals surface area contributed by atoms with Gasteiger partial charge in [-0.2, -0.15) is 0 Å². The maximum absolute atomic E-state index is 12.0. The molecule has 0 atom stereocenters. The fourth-order valence-corrected chi connectivity index (χ4v) is 2.16. The van der Waals surface area contributed by atoms with E-state index in [-0.39, 0.29) is 23.3 Å². The van der Waals surface area contributed by atoms with E-state index < -0.39 is 0 Å². The molecule has 0 spiro atoms. The molecule has 2 aromatic rings. The minimum Gasteiger partial charge on any atom is -0.302 e. The quantitative estimate of drug-likeness (QED) is 0.595. The summed E-state index contributed by atoms with van der Waals surface area (Å²) in [4.78, 5) is 23.8. The maximum atomic E-state index is 12.0. The molecule has 5 nitrogen and oxygen atoms in total. The molecule has 0 saturated carbocycles. The second kappa shape index (κ2) is 8.05. The Morgan fingerprint density at radius 3 is 2.30 bits per heavy atom. The summed E-state index contributed by atoms with van der Waals surface area (Å²) in [7, 11) is 0. The summed E-state index contributed by atoms with van der Waals surface area (Å²) in [6.07, 6.45) is 0.217. The van der Waals surface area contributed by atoms with E-state index in [4.69, 9.17) is 12.2 Å². The molecule has 0 heterocycles. The standard InChI is InChI=1S/C17H17N3O2S/c1-12-7-5-6-10-14(12)16(22)19-20-17(23)18-15(21)11-13-8-3-2-4-9-13/h2-10H,11H2,1H3,(H,19,22)(H2,18,20,21,23). The molecule has 2 amide bonds. The summed E-state index contributed by atoms with van der Waals surface area (Å²) >= 11 is 4.99. The number of carbonyl (C=O) groups excluding carboxylic acids is 2. The Balaban J connectivity index is 1.80. The zero-order chi connectivity index (χ0) is 16.7. The SMILES string of the molecule is Cc1ccccc1C(=O)NNC(=S)NC(=O)Cc1ccccc1. The lowest BCUT2D eigenvalue weighted by molar-refractivity contribution is -0.119. The molecular weight excluding hydrogens is 310 g/mol. The van der Waals surface area contributed by atoms with Crippen LogP contribution in [-0.4, -0.2) is 16.9 Å². The lowest BCUT2D eigenvalue weighted by Gasteiger charge is -2.11. The largest absolute Gasteiger partial charge is 0.302 e. The van der Waals surface area contributed by atoms with Gasteiger partial charge in [0.25, 0.3) is 5.91 Å². The zero-order valence-electron chi connectivity index (χ0n) is 12.6. The summed E-state index contributed by atoms with van der Waals surface area (Å²) in [5.41, 5.74) is 7.27. The van der Waals surface area contributed by atoms with Gasteiger partial charge in [-0.25, -0.2) is 0 Å². The molecule has 2 aromatic carbocycles. The van der Waals surface area contributed by atoms with E-state index >= 15 is 0 Å². The van der Waals surface area contributed by atoms with Gasteiger partial charge < -0.3 is 5.32 Å². The van der Waals surface area contributed by atoms with Gasteiger partial charge in [0, 0.05) is 5.56 Å². The van der Waals surface area contributed by atoms with Gasteiger partial charge in [0.2, 0.25) is 5.91 Å². The third-order valence-electron chi connectivity index (χ3n) is 3.14. The third-order valence-corrected chi connectivity index (χ3v) is 3.34. The Kier molecular flexibility index (Phi) is 5.82. The number of carbonyl (C=O) groups is 2. The van der Waals surface area contributed by atoms with Crippen LogP contribution in [0.5, 0.6) is 0 Å². The van der Waals surface area contributed by atoms with Gasteiger partial charge in [-0.05, 0) is 36.3 Å². The lowest BCUT2D eigenvalue weighted by Crippen LogP contribution is -2.48. The van der Waals surface area contributed by atoms with Crippen molar-refractivity contribution in [3.05, 3.63) is 71.3 Å². The first-order chi connectivity index (χ1) is 11.1. The molecule has 3 N–H and O–H groups in total. The first kappa shape index (κ1) is 16.6. The number of hydrazine groups is 1. The third kappa shape index (κ3) is 5.19. The fourth-order valence-electron chi connectivity index (χ4n) is 1.99. The highest BCUT2D eigenvalue weighted by Gasteiger charge is 2.09. The topological polar surface area (TPSA) is 70.2 Å². The van der Waals surface area contributed by atoms with Gasteiger partial charge >= 0.3 is 0 Å². The Morgan fingerprint density at radius 2 is 1.61 bits per heavy atom. The van der Waals surface area contributed by atoms with Gasteiger partial charge in [0.1, 0.15) is 0 Å². The van der Waals surface area contributed by atoms with Gasteiger partial charge in [0.05, 0.1) is 6.42 Å². The second-order valence-electron chi connectivity index (χ2n) is 4.93. The van der Waals surface area contributed by atoms with Crippen LogP contribution in [0.3, 0.4) is 0 Å². The minimum absolute atomic E-state index is 0.0489. The summed E-state index contributed by atoms with van der Waals surface area (Å²) in [5, 5.41) is 2.57. The molecule has 6 heteroatoms. The van der Waals surface area contributed by atoms with Crippen LogP contribution in [0.15, 0.2) is 54.6 Å². The van der Waals surface area contributed by atoms with Crippen LogP contribution < -0.4 is 16.2 Å². The normalized spacial score (nSPS) is 9.78. The Hall–Kier alpha value is -2.73. The molecule has 0 aliphatic heterocycles. The van der Waals surface area contributed by atoms with Crippen LogP contribution in [0.25, 0.3) is 0 Å². The molecule has 0 aliphatic carbocycles. The van der Waals surface area contributed by atoms with Crippen molar-refractivity contribution in [2.24, 2.45) is 0 Å². The van der Waals surface area contributed by atoms with Crippen molar-refractivity contribution in [1.82, 2.24) is 16.2 Å². The van der Waals surface area contributed by atoms with Crippen LogP contribution in [0.2, 0.25) is 0 Å². The molecule has 0 saturated heterocycles.